The Morgan fingerprint density at radius 2 is 0.629 bits per heavy atom. The highest BCUT2D eigenvalue weighted by molar-refractivity contribution is 6.09. The average molecular weight is 1900 g/mol. The Labute approximate surface area is 810 Å². The number of ether oxygens (including phenoxy) is 16. The molecule has 8 aromatic carbocycles. The van der Waals surface area contributed by atoms with E-state index in [0.717, 1.165) is 56.0 Å². The first-order valence-electron chi connectivity index (χ1n) is 45.5. The molecule has 140 heavy (non-hydrogen) atoms. The number of anilines is 2. The van der Waals surface area contributed by atoms with Gasteiger partial charge in [-0.1, -0.05) is 110 Å². The number of carbonyl (C=O) groups excluding carboxylic acids is 6. The standard InChI is InChI=1S/C59H61N5O14.C49H45N5O8/c1-9-26-75-58(67)63-46-32-52(50(71-5)30-44(46)54(65)61-24-22-38(28-48(61)56(63)73-7)36-14-18-42(69-3)19-15-36)77-34-40-12-11-13-41(60-40)35-78-53-33-47-45(31-51(53)72-6)55(66)62-25-23-39(37-16-20-43(70-4)21-17-37)29-49(62)57(74-8)64(47)59(68)76-27-10-2;1-57-38-12-8-30(9-13-38)32-16-18-53-36(20-32)26-50-42-24-46(44(59-3)22-40(42)48(53)55)61-28-34-6-5-7-35(52-34)29-62-47-25-43-41(23-45(47)60-4)49(56)54-19-17-33(21-37(54)27-51-43)31-10-14-39(58-2)15-11-31/h9-21,28-33,48-49,56-57H,1-2,22-27,34-35H2,3-8H3;5-15,20-27,36-37H,16-19,28-29H2,1-4H3/t48-,49-,56?,57?;36-,37-/m00/s1. The Hall–Kier alpha value is -16.2. The van der Waals surface area contributed by atoms with Gasteiger partial charge in [0, 0.05) is 77.1 Å². The Kier molecular flexibility index (Phi) is 29.3. The van der Waals surface area contributed by atoms with Crippen LogP contribution in [-0.4, -0.2) is 225 Å². The molecule has 32 nitrogen and oxygen atoms in total. The summed E-state index contributed by atoms with van der Waals surface area (Å²) in [6, 6.07) is 53.2. The third-order valence-electron chi connectivity index (χ3n) is 25.5. The number of amides is 6. The van der Waals surface area contributed by atoms with Crippen molar-refractivity contribution < 1.29 is 105 Å². The van der Waals surface area contributed by atoms with E-state index in [2.05, 4.69) is 25.3 Å². The first kappa shape index (κ1) is 95.5. The van der Waals surface area contributed by atoms with Gasteiger partial charge in [0.2, 0.25) is 0 Å². The quantitative estimate of drug-likeness (QED) is 0.0377. The number of carbonyl (C=O) groups is 6. The molecular weight excluding hydrogens is 1790 g/mol. The summed E-state index contributed by atoms with van der Waals surface area (Å²) < 4.78 is 93.2. The van der Waals surface area contributed by atoms with Gasteiger partial charge in [0.05, 0.1) is 149 Å². The summed E-state index contributed by atoms with van der Waals surface area (Å²) in [6.45, 7) is 9.08. The smallest absolute Gasteiger partial charge is 0.416 e. The van der Waals surface area contributed by atoms with Crippen LogP contribution in [0.1, 0.15) is 112 Å². The van der Waals surface area contributed by atoms with Crippen LogP contribution in [0.3, 0.4) is 0 Å². The minimum Gasteiger partial charge on any atom is -0.497 e. The Morgan fingerprint density at radius 3 is 0.921 bits per heavy atom. The SMILES string of the molecule is C=CCOC(=O)N1c2cc(OCc3cccc(COc4cc5c(cc4OC)C(=O)N4CCC(c6ccc(OC)cc6)=C[C@H]4C(OC)N5C(=O)OCC=C)n3)c(OC)cc2C(=O)N2CCC(c3ccc(OC)cc3)=C[C@H]2C1OC.COc1ccc(C2=C[C@H]3C=Nc4cc(OCc5cccc(COc6cc7c(cc6OC)C(=O)N6CCC(c8ccc(OC)cc8)=C[C@H]6C=N7)n5)c(OC)cc4C(=O)N3CC2)cc1. The monoisotopic (exact) mass is 1890 g/mol. The number of fused-ring (bicyclic) bond motifs is 8. The highest BCUT2D eigenvalue weighted by Gasteiger charge is 2.48. The summed E-state index contributed by atoms with van der Waals surface area (Å²) in [5.74, 6) is 4.65. The van der Waals surface area contributed by atoms with Gasteiger partial charge in [-0.3, -0.25) is 39.1 Å². The van der Waals surface area contributed by atoms with Crippen LogP contribution in [-0.2, 0) is 45.4 Å². The number of benzene rings is 8. The molecule has 720 valence electrons. The molecule has 2 aromatic heterocycles. The number of aliphatic imine (C=N–C) groups is 2. The number of nitrogens with zero attached hydrogens (tertiary/aromatic N) is 10. The van der Waals surface area contributed by atoms with Crippen molar-refractivity contribution in [2.24, 2.45) is 9.98 Å². The second-order valence-electron chi connectivity index (χ2n) is 33.4. The molecule has 2 unspecified atom stereocenters. The number of aromatic nitrogens is 2. The van der Waals surface area contributed by atoms with Gasteiger partial charge in [0.15, 0.2) is 58.5 Å². The zero-order valence-electron chi connectivity index (χ0n) is 79.2. The van der Waals surface area contributed by atoms with Crippen molar-refractivity contribution in [3.63, 3.8) is 0 Å². The molecule has 10 heterocycles. The third kappa shape index (κ3) is 20.0. The second-order valence-corrected chi connectivity index (χ2v) is 33.4. The minimum atomic E-state index is -1.02. The second kappa shape index (κ2) is 43.0. The van der Waals surface area contributed by atoms with Gasteiger partial charge >= 0.3 is 12.2 Å². The lowest BCUT2D eigenvalue weighted by Gasteiger charge is -2.39. The molecule has 0 saturated carbocycles. The lowest BCUT2D eigenvalue weighted by molar-refractivity contribution is 0.0274. The van der Waals surface area contributed by atoms with Gasteiger partial charge in [-0.25, -0.2) is 19.4 Å². The van der Waals surface area contributed by atoms with Crippen molar-refractivity contribution in [1.82, 2.24) is 29.6 Å². The van der Waals surface area contributed by atoms with Crippen molar-refractivity contribution in [2.75, 3.05) is 120 Å². The van der Waals surface area contributed by atoms with E-state index < -0.39 is 36.7 Å². The van der Waals surface area contributed by atoms with Crippen LogP contribution in [0.4, 0.5) is 32.3 Å². The fourth-order valence-electron chi connectivity index (χ4n) is 18.3. The lowest BCUT2D eigenvalue weighted by Crippen LogP contribution is -2.55. The number of methoxy groups -OCH3 is 10. The van der Waals surface area contributed by atoms with Gasteiger partial charge < -0.3 is 95.4 Å². The van der Waals surface area contributed by atoms with Gasteiger partial charge in [-0.2, -0.15) is 0 Å². The van der Waals surface area contributed by atoms with Gasteiger partial charge in [0.1, 0.15) is 62.6 Å². The summed E-state index contributed by atoms with van der Waals surface area (Å²) in [7, 11) is 15.5. The van der Waals surface area contributed by atoms with Crippen LogP contribution in [0.5, 0.6) is 69.0 Å². The Bertz CT molecular complexity index is 6190. The largest absolute Gasteiger partial charge is 0.497 e. The molecule has 8 aliphatic heterocycles. The molecule has 6 amide bonds. The number of pyridine rings is 2. The maximum absolute atomic E-state index is 14.6. The molecule has 0 spiro atoms. The van der Waals surface area contributed by atoms with Crippen molar-refractivity contribution in [3.05, 3.63) is 299 Å². The maximum atomic E-state index is 14.6. The summed E-state index contributed by atoms with van der Waals surface area (Å²) in [5, 5.41) is 0. The van der Waals surface area contributed by atoms with Crippen LogP contribution in [0.2, 0.25) is 0 Å². The highest BCUT2D eigenvalue weighted by Crippen LogP contribution is 2.48. The molecule has 0 bridgehead atoms. The summed E-state index contributed by atoms with van der Waals surface area (Å²) in [4.78, 5) is 114. The first-order chi connectivity index (χ1) is 68.3. The molecule has 0 saturated heterocycles. The summed E-state index contributed by atoms with van der Waals surface area (Å²) in [6.07, 6.45) is 13.6. The predicted octanol–water partition coefficient (Wildman–Crippen LogP) is 17.4. The van der Waals surface area contributed by atoms with Crippen molar-refractivity contribution in [3.8, 4) is 69.0 Å². The lowest BCUT2D eigenvalue weighted by atomic mass is 9.94. The van der Waals surface area contributed by atoms with E-state index in [1.807, 2.05) is 137 Å². The molecule has 0 radical (unpaired) electrons. The molecule has 0 N–H and O–H groups in total. The van der Waals surface area contributed by atoms with Crippen LogP contribution >= 0.6 is 0 Å². The topological polar surface area (TPSA) is 320 Å². The van der Waals surface area contributed by atoms with Crippen LogP contribution in [0.25, 0.3) is 22.3 Å². The maximum Gasteiger partial charge on any atom is 0.416 e. The van der Waals surface area contributed by atoms with Gasteiger partial charge in [-0.15, -0.1) is 0 Å². The van der Waals surface area contributed by atoms with Crippen molar-refractivity contribution in [2.45, 2.75) is 88.7 Å². The predicted molar refractivity (Wildman–Crippen MR) is 525 cm³/mol. The molecule has 18 rings (SSSR count). The van der Waals surface area contributed by atoms with E-state index in [-0.39, 0.29) is 121 Å². The molecule has 6 atom stereocenters. The van der Waals surface area contributed by atoms with E-state index in [9.17, 15) is 28.8 Å². The Morgan fingerprint density at radius 1 is 0.343 bits per heavy atom. The summed E-state index contributed by atoms with van der Waals surface area (Å²) >= 11 is 0. The molecule has 8 aliphatic rings. The zero-order chi connectivity index (χ0) is 97.8. The minimum absolute atomic E-state index is 0.0784. The number of rotatable bonds is 30. The molecular formula is C108H106N10O22. The van der Waals surface area contributed by atoms with E-state index in [4.69, 9.17) is 95.7 Å². The van der Waals surface area contributed by atoms with Crippen LogP contribution < -0.4 is 66.6 Å². The molecule has 0 fully saturated rings. The normalized spacial score (nSPS) is 18.1. The molecule has 0 aliphatic carbocycles. The van der Waals surface area contributed by atoms with E-state index in [1.165, 1.54) is 50.4 Å². The van der Waals surface area contributed by atoms with E-state index in [0.29, 0.717) is 132 Å². The summed E-state index contributed by atoms with van der Waals surface area (Å²) in [5.41, 5.74) is 13.2. The number of hydrogen-bond acceptors (Lipinski definition) is 26. The van der Waals surface area contributed by atoms with Crippen LogP contribution in [0.15, 0.2) is 242 Å². The number of hydrogen-bond donors (Lipinski definition) is 0. The van der Waals surface area contributed by atoms with Gasteiger partial charge in [-0.05, 0) is 167 Å². The van der Waals surface area contributed by atoms with Crippen molar-refractivity contribution >= 4 is 93.3 Å². The molecule has 32 heteroatoms. The zero-order valence-corrected chi connectivity index (χ0v) is 79.2. The van der Waals surface area contributed by atoms with Crippen LogP contribution in [0, 0.1) is 0 Å². The van der Waals surface area contributed by atoms with Gasteiger partial charge in [0.25, 0.3) is 23.6 Å². The Balaban J connectivity index is 0.000000198. The van der Waals surface area contributed by atoms with Crippen molar-refractivity contribution in [1.29, 1.82) is 0 Å². The average Bonchev–Trinajstić information content (AvgIpc) is 1.54. The highest BCUT2D eigenvalue weighted by atomic mass is 16.6. The fourth-order valence-corrected chi connectivity index (χ4v) is 18.3. The van der Waals surface area contributed by atoms with E-state index >= 15 is 0 Å². The molecule has 10 aromatic rings. The fraction of sp³-hybridized carbons (Fsp3) is 0.278. The first-order valence-corrected chi connectivity index (χ1v) is 45.5. The third-order valence-corrected chi connectivity index (χ3v) is 25.5. The van der Waals surface area contributed by atoms with E-state index in [1.54, 1.807) is 132 Å².